The molecule has 0 spiro atoms. The van der Waals surface area contributed by atoms with E-state index in [2.05, 4.69) is 18.2 Å². The Morgan fingerprint density at radius 2 is 1.95 bits per heavy atom. The Balaban J connectivity index is 2.00. The average Bonchev–Trinajstić information content (AvgIpc) is 3.02. The van der Waals surface area contributed by atoms with Gasteiger partial charge in [0, 0.05) is 13.1 Å². The second-order valence-electron chi connectivity index (χ2n) is 4.41. The van der Waals surface area contributed by atoms with Crippen molar-refractivity contribution in [3.8, 4) is 6.07 Å². The van der Waals surface area contributed by atoms with Crippen LogP contribution in [0.5, 0.6) is 0 Å². The summed E-state index contributed by atoms with van der Waals surface area (Å²) in [5.41, 5.74) is 1.20. The minimum Gasteiger partial charge on any atom is -0.337 e. The van der Waals surface area contributed by atoms with E-state index in [1.54, 1.807) is 4.90 Å². The number of benzene rings is 1. The Labute approximate surface area is 123 Å². The van der Waals surface area contributed by atoms with Crippen LogP contribution in [0.15, 0.2) is 47.8 Å². The van der Waals surface area contributed by atoms with Gasteiger partial charge >= 0.3 is 0 Å². The highest BCUT2D eigenvalue weighted by Gasteiger charge is 2.16. The monoisotopic (exact) mass is 284 g/mol. The van der Waals surface area contributed by atoms with Gasteiger partial charge in [-0.05, 0) is 23.4 Å². The van der Waals surface area contributed by atoms with Crippen LogP contribution < -0.4 is 0 Å². The lowest BCUT2D eigenvalue weighted by Gasteiger charge is -2.21. The summed E-state index contributed by atoms with van der Waals surface area (Å²) < 4.78 is 0. The molecule has 20 heavy (non-hydrogen) atoms. The van der Waals surface area contributed by atoms with E-state index in [4.69, 9.17) is 5.26 Å². The molecule has 1 aromatic heterocycles. The van der Waals surface area contributed by atoms with Gasteiger partial charge in [-0.25, -0.2) is 0 Å². The fourth-order valence-corrected chi connectivity index (χ4v) is 2.66. The first-order chi connectivity index (χ1) is 9.81. The molecule has 0 saturated heterocycles. The van der Waals surface area contributed by atoms with Crippen LogP contribution in [0, 0.1) is 11.3 Å². The minimum absolute atomic E-state index is 0.0196. The molecule has 0 N–H and O–H groups in total. The van der Waals surface area contributed by atoms with E-state index in [1.165, 1.54) is 16.9 Å². The summed E-state index contributed by atoms with van der Waals surface area (Å²) in [5.74, 6) is 0.0196. The van der Waals surface area contributed by atoms with Crippen molar-refractivity contribution in [3.63, 3.8) is 0 Å². The summed E-state index contributed by atoms with van der Waals surface area (Å²) >= 11 is 1.44. The predicted octanol–water partition coefficient (Wildman–Crippen LogP) is 3.35. The van der Waals surface area contributed by atoms with Crippen LogP contribution in [-0.4, -0.2) is 23.9 Å². The molecule has 1 heterocycles. The topological polar surface area (TPSA) is 44.1 Å². The molecule has 2 aromatic rings. The zero-order valence-corrected chi connectivity index (χ0v) is 12.0. The highest BCUT2D eigenvalue weighted by Crippen LogP contribution is 2.13. The summed E-state index contributed by atoms with van der Waals surface area (Å²) in [6.07, 6.45) is 1.18. The smallest absolute Gasteiger partial charge is 0.263 e. The Hall–Kier alpha value is -2.12. The van der Waals surface area contributed by atoms with Crippen LogP contribution in [0.1, 0.15) is 21.7 Å². The van der Waals surface area contributed by atoms with Gasteiger partial charge < -0.3 is 4.90 Å². The lowest BCUT2D eigenvalue weighted by molar-refractivity contribution is 0.0765. The van der Waals surface area contributed by atoms with E-state index in [0.717, 1.165) is 11.3 Å². The molecule has 3 nitrogen and oxygen atoms in total. The van der Waals surface area contributed by atoms with Gasteiger partial charge in [-0.3, -0.25) is 4.79 Å². The fraction of sp³-hybridized carbons (Fsp3) is 0.250. The van der Waals surface area contributed by atoms with Crippen molar-refractivity contribution in [2.75, 3.05) is 13.1 Å². The summed E-state index contributed by atoms with van der Waals surface area (Å²) in [6.45, 7) is 1.13. The molecule has 0 aliphatic carbocycles. The number of carbonyl (C=O) groups excluding carboxylic acids is 1. The average molecular weight is 284 g/mol. The van der Waals surface area contributed by atoms with Crippen LogP contribution in [0.3, 0.4) is 0 Å². The van der Waals surface area contributed by atoms with Crippen LogP contribution in [0.2, 0.25) is 0 Å². The van der Waals surface area contributed by atoms with Gasteiger partial charge in [0.25, 0.3) is 5.91 Å². The summed E-state index contributed by atoms with van der Waals surface area (Å²) in [4.78, 5) is 14.9. The zero-order chi connectivity index (χ0) is 14.2. The van der Waals surface area contributed by atoms with Crippen LogP contribution in [0.25, 0.3) is 0 Å². The third-order valence-corrected chi connectivity index (χ3v) is 3.88. The minimum atomic E-state index is 0.0196. The quantitative estimate of drug-likeness (QED) is 0.816. The fourth-order valence-electron chi connectivity index (χ4n) is 1.96. The predicted molar refractivity (Wildman–Crippen MR) is 80.6 cm³/mol. The van der Waals surface area contributed by atoms with Gasteiger partial charge in [-0.15, -0.1) is 11.3 Å². The SMILES string of the molecule is N#CCCN(CCc1ccccc1)C(=O)c1cccs1. The maximum absolute atomic E-state index is 12.4. The second kappa shape index (κ2) is 7.46. The van der Waals surface area contributed by atoms with E-state index in [0.29, 0.717) is 19.5 Å². The van der Waals surface area contributed by atoms with Crippen molar-refractivity contribution in [1.82, 2.24) is 4.90 Å². The van der Waals surface area contributed by atoms with E-state index in [9.17, 15) is 4.79 Å². The molecule has 1 aromatic carbocycles. The Bertz CT molecular complexity index is 572. The molecule has 0 aliphatic rings. The first kappa shape index (κ1) is 14.3. The standard InChI is InChI=1S/C16H16N2OS/c17-10-5-11-18(16(19)15-8-4-13-20-15)12-9-14-6-2-1-3-7-14/h1-4,6-8,13H,5,9,11-12H2. The highest BCUT2D eigenvalue weighted by molar-refractivity contribution is 7.12. The number of hydrogen-bond acceptors (Lipinski definition) is 3. The van der Waals surface area contributed by atoms with E-state index in [1.807, 2.05) is 35.7 Å². The van der Waals surface area contributed by atoms with E-state index in [-0.39, 0.29) is 5.91 Å². The van der Waals surface area contributed by atoms with Gasteiger partial charge in [0.05, 0.1) is 17.4 Å². The number of amides is 1. The van der Waals surface area contributed by atoms with Crippen molar-refractivity contribution < 1.29 is 4.79 Å². The number of nitrogens with zero attached hydrogens (tertiary/aromatic N) is 2. The number of thiophene rings is 1. The summed E-state index contributed by atoms with van der Waals surface area (Å²) in [5, 5.41) is 10.6. The van der Waals surface area contributed by atoms with Gasteiger partial charge in [-0.2, -0.15) is 5.26 Å². The molecule has 0 fully saturated rings. The first-order valence-electron chi connectivity index (χ1n) is 6.55. The zero-order valence-electron chi connectivity index (χ0n) is 11.2. The first-order valence-corrected chi connectivity index (χ1v) is 7.43. The third-order valence-electron chi connectivity index (χ3n) is 3.03. The Kier molecular flexibility index (Phi) is 5.33. The molecule has 0 bridgehead atoms. The van der Waals surface area contributed by atoms with Gasteiger partial charge in [0.1, 0.15) is 0 Å². The van der Waals surface area contributed by atoms with E-state index < -0.39 is 0 Å². The van der Waals surface area contributed by atoms with Gasteiger partial charge in [-0.1, -0.05) is 36.4 Å². The van der Waals surface area contributed by atoms with Gasteiger partial charge in [0.15, 0.2) is 0 Å². The summed E-state index contributed by atoms with van der Waals surface area (Å²) in [6, 6.07) is 15.9. The molecule has 2 rings (SSSR count). The van der Waals surface area contributed by atoms with Crippen molar-refractivity contribution in [1.29, 1.82) is 5.26 Å². The normalized spacial score (nSPS) is 9.95. The molecule has 0 unspecified atom stereocenters. The summed E-state index contributed by atoms with van der Waals surface area (Å²) in [7, 11) is 0. The van der Waals surface area contributed by atoms with Crippen molar-refractivity contribution in [2.24, 2.45) is 0 Å². The lowest BCUT2D eigenvalue weighted by Crippen LogP contribution is -2.33. The van der Waals surface area contributed by atoms with Crippen molar-refractivity contribution in [2.45, 2.75) is 12.8 Å². The molecule has 0 radical (unpaired) electrons. The maximum atomic E-state index is 12.4. The molecular weight excluding hydrogens is 268 g/mol. The molecule has 0 aliphatic heterocycles. The van der Waals surface area contributed by atoms with Crippen LogP contribution >= 0.6 is 11.3 Å². The van der Waals surface area contributed by atoms with E-state index >= 15 is 0 Å². The van der Waals surface area contributed by atoms with Crippen LogP contribution in [0.4, 0.5) is 0 Å². The lowest BCUT2D eigenvalue weighted by atomic mass is 10.1. The molecule has 4 heteroatoms. The van der Waals surface area contributed by atoms with Crippen molar-refractivity contribution in [3.05, 3.63) is 58.3 Å². The Morgan fingerprint density at radius 3 is 2.60 bits per heavy atom. The third kappa shape index (κ3) is 3.94. The highest BCUT2D eigenvalue weighted by atomic mass is 32.1. The molecule has 0 atom stereocenters. The molecule has 102 valence electrons. The van der Waals surface area contributed by atoms with Crippen LogP contribution in [-0.2, 0) is 6.42 Å². The van der Waals surface area contributed by atoms with Gasteiger partial charge in [0.2, 0.25) is 0 Å². The number of hydrogen-bond donors (Lipinski definition) is 0. The molecular formula is C16H16N2OS. The number of rotatable bonds is 6. The molecule has 1 amide bonds. The number of carbonyl (C=O) groups is 1. The maximum Gasteiger partial charge on any atom is 0.263 e. The molecule has 0 saturated carbocycles. The second-order valence-corrected chi connectivity index (χ2v) is 5.36. The Morgan fingerprint density at radius 1 is 1.15 bits per heavy atom. The van der Waals surface area contributed by atoms with Crippen molar-refractivity contribution >= 4 is 17.2 Å². The largest absolute Gasteiger partial charge is 0.337 e. The number of nitriles is 1.